The van der Waals surface area contributed by atoms with Crippen molar-refractivity contribution in [3.63, 3.8) is 0 Å². The highest BCUT2D eigenvalue weighted by atomic mass is 35.5. The third-order valence-corrected chi connectivity index (χ3v) is 4.87. The van der Waals surface area contributed by atoms with Crippen molar-refractivity contribution in [2.24, 2.45) is 5.92 Å². The zero-order valence-electron chi connectivity index (χ0n) is 12.4. The van der Waals surface area contributed by atoms with Crippen LogP contribution in [0.3, 0.4) is 0 Å². The Morgan fingerprint density at radius 1 is 1.29 bits per heavy atom. The van der Waals surface area contributed by atoms with Crippen LogP contribution in [0.4, 0.5) is 0 Å². The van der Waals surface area contributed by atoms with E-state index in [1.54, 1.807) is 6.20 Å². The Hall–Kier alpha value is -1.41. The first-order valence-electron chi connectivity index (χ1n) is 7.74. The van der Waals surface area contributed by atoms with Gasteiger partial charge in [-0.2, -0.15) is 0 Å². The molecule has 0 spiro atoms. The summed E-state index contributed by atoms with van der Waals surface area (Å²) in [6.45, 7) is 2.02. The number of carbonyl (C=O) groups is 1. The van der Waals surface area contributed by atoms with Crippen molar-refractivity contribution in [2.75, 3.05) is 0 Å². The van der Waals surface area contributed by atoms with Gasteiger partial charge in [-0.3, -0.25) is 4.79 Å². The lowest BCUT2D eigenvalue weighted by atomic mass is 9.84. The van der Waals surface area contributed by atoms with Gasteiger partial charge in [0.15, 0.2) is 5.78 Å². The molecule has 1 aliphatic rings. The highest BCUT2D eigenvalue weighted by Gasteiger charge is 2.20. The van der Waals surface area contributed by atoms with E-state index in [1.165, 1.54) is 32.1 Å². The maximum absolute atomic E-state index is 12.7. The van der Waals surface area contributed by atoms with Crippen molar-refractivity contribution in [1.29, 1.82) is 0 Å². The van der Waals surface area contributed by atoms with Crippen LogP contribution in [0.25, 0.3) is 10.8 Å². The summed E-state index contributed by atoms with van der Waals surface area (Å²) in [5, 5.41) is 2.33. The zero-order chi connectivity index (χ0) is 14.8. The normalized spacial score (nSPS) is 16.3. The number of carbonyl (C=O) groups excluding carboxylic acids is 1. The molecule has 1 heterocycles. The molecule has 0 bridgehead atoms. The lowest BCUT2D eigenvalue weighted by molar-refractivity contribution is 0.0951. The molecule has 0 amide bonds. The van der Waals surface area contributed by atoms with E-state index in [4.69, 9.17) is 11.6 Å². The van der Waals surface area contributed by atoms with E-state index in [1.807, 2.05) is 25.1 Å². The van der Waals surface area contributed by atoms with Gasteiger partial charge in [-0.25, -0.2) is 4.98 Å². The molecule has 2 nitrogen and oxygen atoms in total. The zero-order valence-corrected chi connectivity index (χ0v) is 13.1. The fourth-order valence-corrected chi connectivity index (χ4v) is 3.63. The highest BCUT2D eigenvalue weighted by Crippen LogP contribution is 2.31. The first-order chi connectivity index (χ1) is 10.2. The Labute approximate surface area is 130 Å². The number of aromatic nitrogens is 1. The van der Waals surface area contributed by atoms with E-state index in [-0.39, 0.29) is 5.78 Å². The Balaban J connectivity index is 1.96. The Kier molecular flexibility index (Phi) is 4.25. The van der Waals surface area contributed by atoms with Gasteiger partial charge in [-0.1, -0.05) is 61.9 Å². The molecule has 3 rings (SSSR count). The fraction of sp³-hybridized carbons (Fsp3) is 0.444. The van der Waals surface area contributed by atoms with Gasteiger partial charge in [-0.15, -0.1) is 0 Å². The SMILES string of the molecule is Cc1cccc2c(Cl)ncc(C(=O)CC3CCCCC3)c12. The number of ketones is 1. The number of hydrogen-bond donors (Lipinski definition) is 0. The topological polar surface area (TPSA) is 30.0 Å². The van der Waals surface area contributed by atoms with Crippen molar-refractivity contribution in [3.05, 3.63) is 40.7 Å². The number of pyridine rings is 1. The number of nitrogens with zero attached hydrogens (tertiary/aromatic N) is 1. The average Bonchev–Trinajstić information content (AvgIpc) is 2.49. The van der Waals surface area contributed by atoms with Crippen molar-refractivity contribution < 1.29 is 4.79 Å². The lowest BCUT2D eigenvalue weighted by Gasteiger charge is -2.21. The second kappa shape index (κ2) is 6.15. The quantitative estimate of drug-likeness (QED) is 0.565. The van der Waals surface area contributed by atoms with Crippen LogP contribution in [0.1, 0.15) is 54.4 Å². The summed E-state index contributed by atoms with van der Waals surface area (Å²) in [7, 11) is 0. The second-order valence-corrected chi connectivity index (χ2v) is 6.45. The van der Waals surface area contributed by atoms with E-state index in [0.29, 0.717) is 17.5 Å². The highest BCUT2D eigenvalue weighted by molar-refractivity contribution is 6.35. The summed E-state index contributed by atoms with van der Waals surface area (Å²) in [6.07, 6.45) is 8.51. The molecule has 1 aromatic heterocycles. The van der Waals surface area contributed by atoms with Crippen molar-refractivity contribution in [3.8, 4) is 0 Å². The molecule has 110 valence electrons. The molecule has 0 N–H and O–H groups in total. The molecule has 0 aliphatic heterocycles. The first kappa shape index (κ1) is 14.5. The Bertz CT molecular complexity index is 674. The van der Waals surface area contributed by atoms with Crippen LogP contribution in [0, 0.1) is 12.8 Å². The molecule has 1 saturated carbocycles. The number of aryl methyl sites for hydroxylation is 1. The third kappa shape index (κ3) is 2.96. The van der Waals surface area contributed by atoms with Gasteiger partial charge < -0.3 is 0 Å². The summed E-state index contributed by atoms with van der Waals surface area (Å²) >= 11 is 6.18. The van der Waals surface area contributed by atoms with Crippen LogP contribution < -0.4 is 0 Å². The van der Waals surface area contributed by atoms with Crippen LogP contribution in [0.5, 0.6) is 0 Å². The van der Waals surface area contributed by atoms with Crippen LogP contribution in [0.2, 0.25) is 5.15 Å². The van der Waals surface area contributed by atoms with Gasteiger partial charge in [0.25, 0.3) is 0 Å². The van der Waals surface area contributed by atoms with Gasteiger partial charge in [0.1, 0.15) is 5.15 Å². The minimum absolute atomic E-state index is 0.213. The molecule has 1 aliphatic carbocycles. The predicted molar refractivity (Wildman–Crippen MR) is 87.0 cm³/mol. The number of fused-ring (bicyclic) bond motifs is 1. The molecule has 0 atom stereocenters. The van der Waals surface area contributed by atoms with Crippen molar-refractivity contribution in [1.82, 2.24) is 4.98 Å². The molecule has 1 fully saturated rings. The van der Waals surface area contributed by atoms with Crippen molar-refractivity contribution in [2.45, 2.75) is 45.4 Å². The number of benzene rings is 1. The third-order valence-electron chi connectivity index (χ3n) is 4.57. The minimum Gasteiger partial charge on any atom is -0.294 e. The fourth-order valence-electron chi connectivity index (χ4n) is 3.43. The van der Waals surface area contributed by atoms with Gasteiger partial charge in [0.2, 0.25) is 0 Å². The molecule has 1 aromatic carbocycles. The van der Waals surface area contributed by atoms with Crippen LogP contribution in [0.15, 0.2) is 24.4 Å². The molecule has 0 radical (unpaired) electrons. The minimum atomic E-state index is 0.213. The summed E-state index contributed by atoms with van der Waals surface area (Å²) in [5.41, 5.74) is 1.82. The summed E-state index contributed by atoms with van der Waals surface area (Å²) in [4.78, 5) is 16.9. The maximum Gasteiger partial charge on any atom is 0.165 e. The standard InChI is InChI=1S/C18H20ClNO/c1-12-6-5-9-14-17(12)15(11-20-18(14)19)16(21)10-13-7-3-2-4-8-13/h5-6,9,11,13H,2-4,7-8,10H2,1H3. The van der Waals surface area contributed by atoms with E-state index < -0.39 is 0 Å². The van der Waals surface area contributed by atoms with Gasteiger partial charge in [0, 0.05) is 29.0 Å². The summed E-state index contributed by atoms with van der Waals surface area (Å²) in [6, 6.07) is 5.92. The smallest absolute Gasteiger partial charge is 0.165 e. The summed E-state index contributed by atoms with van der Waals surface area (Å²) < 4.78 is 0. The Morgan fingerprint density at radius 2 is 2.05 bits per heavy atom. The number of rotatable bonds is 3. The molecule has 0 unspecified atom stereocenters. The average molecular weight is 302 g/mol. The van der Waals surface area contributed by atoms with Gasteiger partial charge in [0.05, 0.1) is 0 Å². The van der Waals surface area contributed by atoms with E-state index in [2.05, 4.69) is 4.98 Å². The van der Waals surface area contributed by atoms with E-state index in [9.17, 15) is 4.79 Å². The van der Waals surface area contributed by atoms with Crippen LogP contribution >= 0.6 is 11.6 Å². The molecule has 0 saturated heterocycles. The molecule has 2 aromatic rings. The van der Waals surface area contributed by atoms with Gasteiger partial charge in [-0.05, 0) is 18.4 Å². The number of halogens is 1. The monoisotopic (exact) mass is 301 g/mol. The maximum atomic E-state index is 12.7. The largest absolute Gasteiger partial charge is 0.294 e. The lowest BCUT2D eigenvalue weighted by Crippen LogP contribution is -2.13. The second-order valence-electron chi connectivity index (χ2n) is 6.09. The molecular weight excluding hydrogens is 282 g/mol. The molecule has 3 heteroatoms. The first-order valence-corrected chi connectivity index (χ1v) is 8.11. The van der Waals surface area contributed by atoms with E-state index in [0.717, 1.165) is 21.9 Å². The van der Waals surface area contributed by atoms with Crippen LogP contribution in [-0.2, 0) is 0 Å². The van der Waals surface area contributed by atoms with Crippen LogP contribution in [-0.4, -0.2) is 10.8 Å². The number of Topliss-reactive ketones (excluding diaryl/α,β-unsaturated/α-hetero) is 1. The number of hydrogen-bond acceptors (Lipinski definition) is 2. The summed E-state index contributed by atoms with van der Waals surface area (Å²) in [5.74, 6) is 0.756. The predicted octanol–water partition coefficient (Wildman–Crippen LogP) is 5.35. The molecule has 21 heavy (non-hydrogen) atoms. The van der Waals surface area contributed by atoms with E-state index >= 15 is 0 Å². The van der Waals surface area contributed by atoms with Crippen molar-refractivity contribution >= 4 is 28.2 Å². The molecular formula is C18H20ClNO. The van der Waals surface area contributed by atoms with Gasteiger partial charge >= 0.3 is 0 Å². The Morgan fingerprint density at radius 3 is 2.81 bits per heavy atom.